The molecule has 0 spiro atoms. The maximum absolute atomic E-state index is 13.1. The number of amides is 4. The molecule has 11 heteroatoms. The zero-order chi connectivity index (χ0) is 30.7. The fourth-order valence-corrected chi connectivity index (χ4v) is 3.83. The number of nitrogens with zero attached hydrogens (tertiary/aromatic N) is 4. The molecule has 0 aliphatic carbocycles. The van der Waals surface area contributed by atoms with Gasteiger partial charge in [-0.25, -0.2) is 14.4 Å². The van der Waals surface area contributed by atoms with E-state index in [0.717, 1.165) is 18.5 Å². The van der Waals surface area contributed by atoms with Gasteiger partial charge in [0, 0.05) is 25.0 Å². The Balaban J connectivity index is 1.67. The molecule has 11 nitrogen and oxygen atoms in total. The molecule has 0 fully saturated rings. The van der Waals surface area contributed by atoms with Gasteiger partial charge in [0.15, 0.2) is 5.69 Å². The highest BCUT2D eigenvalue weighted by atomic mass is 16.6. The van der Waals surface area contributed by atoms with E-state index in [1.807, 2.05) is 14.1 Å². The molecule has 3 aromatic rings. The summed E-state index contributed by atoms with van der Waals surface area (Å²) in [5.74, 6) is -0.455. The van der Waals surface area contributed by atoms with Crippen molar-refractivity contribution >= 4 is 40.8 Å². The normalized spacial score (nSPS) is 10.9. The molecule has 2 aromatic carbocycles. The van der Waals surface area contributed by atoms with Crippen LogP contribution in [0.3, 0.4) is 0 Å². The van der Waals surface area contributed by atoms with Gasteiger partial charge in [-0.05, 0) is 83.7 Å². The van der Waals surface area contributed by atoms with Gasteiger partial charge < -0.3 is 25.2 Å². The number of aromatic nitrogens is 1. The van der Waals surface area contributed by atoms with E-state index < -0.39 is 17.6 Å². The van der Waals surface area contributed by atoms with Crippen molar-refractivity contribution in [1.82, 2.24) is 14.8 Å². The lowest BCUT2D eigenvalue weighted by Crippen LogP contribution is -2.36. The summed E-state index contributed by atoms with van der Waals surface area (Å²) in [7, 11) is 3.95. The number of hydrogen-bond donors (Lipinski definition) is 3. The van der Waals surface area contributed by atoms with Crippen molar-refractivity contribution in [1.29, 1.82) is 0 Å². The number of carbonyl (C=O) groups excluding carboxylic acids is 3. The number of anilines is 3. The van der Waals surface area contributed by atoms with E-state index in [4.69, 9.17) is 11.3 Å². The van der Waals surface area contributed by atoms with Crippen LogP contribution in [0.1, 0.15) is 43.2 Å². The number of para-hydroxylation sites is 2. The molecule has 0 saturated carbocycles. The van der Waals surface area contributed by atoms with Crippen LogP contribution in [-0.2, 0) is 11.3 Å². The Morgan fingerprint density at radius 3 is 2.14 bits per heavy atom. The molecule has 0 aliphatic heterocycles. The summed E-state index contributed by atoms with van der Waals surface area (Å²) in [6.07, 6.45) is 1.70. The van der Waals surface area contributed by atoms with Crippen molar-refractivity contribution in [3.8, 4) is 0 Å². The number of rotatable bonds is 10. The molecule has 42 heavy (non-hydrogen) atoms. The Labute approximate surface area is 246 Å². The number of benzene rings is 2. The van der Waals surface area contributed by atoms with E-state index in [1.165, 1.54) is 0 Å². The number of ether oxygens (including phenoxy) is 1. The van der Waals surface area contributed by atoms with E-state index >= 15 is 0 Å². The predicted molar refractivity (Wildman–Crippen MR) is 164 cm³/mol. The van der Waals surface area contributed by atoms with Gasteiger partial charge >= 0.3 is 12.1 Å². The fraction of sp³-hybridized carbons (Fsp3) is 0.323. The van der Waals surface area contributed by atoms with E-state index in [0.29, 0.717) is 29.3 Å². The minimum Gasteiger partial charge on any atom is -0.444 e. The van der Waals surface area contributed by atoms with Crippen LogP contribution in [0.4, 0.5) is 32.3 Å². The van der Waals surface area contributed by atoms with Gasteiger partial charge in [0.1, 0.15) is 11.3 Å². The van der Waals surface area contributed by atoms with Crippen molar-refractivity contribution in [3.05, 3.63) is 89.5 Å². The number of urea groups is 1. The van der Waals surface area contributed by atoms with E-state index in [2.05, 4.69) is 30.7 Å². The topological polar surface area (TPSA) is 120 Å². The standard InChI is InChI=1S/C31H37N7O4/c1-31(2,3)42-30(41)36-26-11-8-7-10-25(26)35-28(39)27-17-12-22(20-33-27)21-38(19-9-18-37(5)6)29(40)34-24-15-13-23(32-4)14-16-24/h7-8,10-17,20H,9,18-19,21H2,1-3,5-6H3,(H,34,40)(H,35,39)(H,36,41). The highest BCUT2D eigenvalue weighted by molar-refractivity contribution is 6.05. The SMILES string of the molecule is [C-]#[N+]c1ccc(NC(=O)N(CCCN(C)C)Cc2ccc(C(=O)Nc3ccccc3NC(=O)OC(C)(C)C)nc2)cc1. The summed E-state index contributed by atoms with van der Waals surface area (Å²) in [5.41, 5.74) is 2.13. The molecule has 1 aromatic heterocycles. The van der Waals surface area contributed by atoms with Crippen LogP contribution in [0, 0.1) is 6.57 Å². The Morgan fingerprint density at radius 2 is 1.57 bits per heavy atom. The van der Waals surface area contributed by atoms with Crippen LogP contribution in [0.15, 0.2) is 66.9 Å². The largest absolute Gasteiger partial charge is 0.444 e. The average Bonchev–Trinajstić information content (AvgIpc) is 2.93. The molecule has 220 valence electrons. The molecule has 0 atom stereocenters. The molecular formula is C31H37N7O4. The van der Waals surface area contributed by atoms with E-state index in [1.54, 1.807) is 92.5 Å². The van der Waals surface area contributed by atoms with Crippen LogP contribution < -0.4 is 16.0 Å². The molecule has 0 saturated heterocycles. The molecule has 3 N–H and O–H groups in total. The maximum Gasteiger partial charge on any atom is 0.412 e. The predicted octanol–water partition coefficient (Wildman–Crippen LogP) is 6.22. The molecule has 0 unspecified atom stereocenters. The van der Waals surface area contributed by atoms with Crippen LogP contribution in [-0.4, -0.2) is 65.6 Å². The Morgan fingerprint density at radius 1 is 0.905 bits per heavy atom. The van der Waals surface area contributed by atoms with Crippen molar-refractivity contribution in [2.24, 2.45) is 0 Å². The van der Waals surface area contributed by atoms with Crippen LogP contribution in [0.25, 0.3) is 4.85 Å². The second-order valence-corrected chi connectivity index (χ2v) is 10.8. The summed E-state index contributed by atoms with van der Waals surface area (Å²) in [6.45, 7) is 14.0. The highest BCUT2D eigenvalue weighted by Gasteiger charge is 2.19. The number of carbonyl (C=O) groups is 3. The zero-order valence-electron chi connectivity index (χ0n) is 24.6. The first-order valence-electron chi connectivity index (χ1n) is 13.5. The van der Waals surface area contributed by atoms with E-state index in [-0.39, 0.29) is 18.3 Å². The lowest BCUT2D eigenvalue weighted by molar-refractivity contribution is 0.0635. The van der Waals surface area contributed by atoms with Crippen LogP contribution >= 0.6 is 0 Å². The molecule has 4 amide bonds. The monoisotopic (exact) mass is 571 g/mol. The summed E-state index contributed by atoms with van der Waals surface area (Å²) in [6, 6.07) is 16.6. The quantitative estimate of drug-likeness (QED) is 0.249. The van der Waals surface area contributed by atoms with Gasteiger partial charge in [0.2, 0.25) is 0 Å². The second-order valence-electron chi connectivity index (χ2n) is 10.8. The third kappa shape index (κ3) is 10.2. The highest BCUT2D eigenvalue weighted by Crippen LogP contribution is 2.23. The smallest absolute Gasteiger partial charge is 0.412 e. The first kappa shape index (κ1) is 31.6. The Hall–Kier alpha value is -4.95. The second kappa shape index (κ2) is 14.6. The maximum atomic E-state index is 13.1. The minimum absolute atomic E-state index is 0.175. The summed E-state index contributed by atoms with van der Waals surface area (Å²) in [5, 5.41) is 8.32. The Bertz CT molecular complexity index is 1410. The van der Waals surface area contributed by atoms with Crippen molar-refractivity contribution < 1.29 is 19.1 Å². The van der Waals surface area contributed by atoms with Gasteiger partial charge in [0.05, 0.1) is 17.9 Å². The zero-order valence-corrected chi connectivity index (χ0v) is 24.6. The molecule has 1 heterocycles. The lowest BCUT2D eigenvalue weighted by Gasteiger charge is -2.24. The minimum atomic E-state index is -0.666. The molecule has 0 bridgehead atoms. The number of nitrogens with one attached hydrogen (secondary N) is 3. The van der Waals surface area contributed by atoms with E-state index in [9.17, 15) is 14.4 Å². The third-order valence-electron chi connectivity index (χ3n) is 5.81. The first-order chi connectivity index (χ1) is 19.9. The summed E-state index contributed by atoms with van der Waals surface area (Å²) >= 11 is 0. The van der Waals surface area contributed by atoms with Crippen LogP contribution in [0.2, 0.25) is 0 Å². The van der Waals surface area contributed by atoms with Gasteiger partial charge in [-0.2, -0.15) is 0 Å². The summed E-state index contributed by atoms with van der Waals surface area (Å²) < 4.78 is 5.31. The van der Waals surface area contributed by atoms with Crippen molar-refractivity contribution in [2.45, 2.75) is 39.3 Å². The fourth-order valence-electron chi connectivity index (χ4n) is 3.83. The molecule has 0 aliphatic rings. The van der Waals surface area contributed by atoms with Crippen molar-refractivity contribution in [2.75, 3.05) is 43.1 Å². The Kier molecular flexibility index (Phi) is 11.0. The number of hydrogen-bond acceptors (Lipinski definition) is 6. The first-order valence-corrected chi connectivity index (χ1v) is 13.5. The lowest BCUT2D eigenvalue weighted by atomic mass is 10.2. The third-order valence-corrected chi connectivity index (χ3v) is 5.81. The van der Waals surface area contributed by atoms with Gasteiger partial charge in [-0.1, -0.05) is 30.3 Å². The molecule has 3 rings (SSSR count). The van der Waals surface area contributed by atoms with Crippen LogP contribution in [0.5, 0.6) is 0 Å². The summed E-state index contributed by atoms with van der Waals surface area (Å²) in [4.78, 5) is 49.7. The number of pyridine rings is 1. The van der Waals surface area contributed by atoms with Gasteiger partial charge in [-0.15, -0.1) is 0 Å². The average molecular weight is 572 g/mol. The van der Waals surface area contributed by atoms with Gasteiger partial charge in [-0.3, -0.25) is 15.1 Å². The van der Waals surface area contributed by atoms with Crippen molar-refractivity contribution in [3.63, 3.8) is 0 Å². The molecular weight excluding hydrogens is 534 g/mol. The van der Waals surface area contributed by atoms with Gasteiger partial charge in [0.25, 0.3) is 5.91 Å². The molecule has 0 radical (unpaired) electrons.